The van der Waals surface area contributed by atoms with Crippen molar-refractivity contribution in [3.63, 3.8) is 0 Å². The van der Waals surface area contributed by atoms with Gasteiger partial charge in [-0.25, -0.2) is 0 Å². The van der Waals surface area contributed by atoms with E-state index in [1.807, 2.05) is 49.7 Å². The van der Waals surface area contributed by atoms with Gasteiger partial charge >= 0.3 is 0 Å². The maximum Gasteiger partial charge on any atom is 0.253 e. The van der Waals surface area contributed by atoms with Crippen LogP contribution in [0.15, 0.2) is 30.5 Å². The molecule has 4 rings (SSSR count). The van der Waals surface area contributed by atoms with Crippen LogP contribution in [-0.2, 0) is 7.05 Å². The van der Waals surface area contributed by atoms with Gasteiger partial charge in [0, 0.05) is 23.4 Å². The first-order chi connectivity index (χ1) is 12.9. The Hall–Kier alpha value is -3.48. The van der Waals surface area contributed by atoms with Crippen LogP contribution in [-0.4, -0.2) is 27.4 Å². The Balaban J connectivity index is 2.27. The number of carbonyl (C=O) groups is 1. The van der Waals surface area contributed by atoms with Crippen molar-refractivity contribution in [2.75, 3.05) is 12.8 Å². The molecule has 2 heterocycles. The zero-order valence-electron chi connectivity index (χ0n) is 15.7. The topological polar surface area (TPSA) is 101 Å². The number of nitrogens with two attached hydrogens (primary N) is 2. The maximum absolute atomic E-state index is 12.2. The van der Waals surface area contributed by atoms with Crippen LogP contribution in [0.1, 0.15) is 21.5 Å². The van der Waals surface area contributed by atoms with E-state index in [4.69, 9.17) is 16.2 Å². The van der Waals surface area contributed by atoms with E-state index in [0.29, 0.717) is 16.8 Å². The number of anilines is 1. The van der Waals surface area contributed by atoms with E-state index in [1.165, 1.54) is 0 Å². The second-order valence-electron chi connectivity index (χ2n) is 6.68. The number of aromatic nitrogens is 3. The summed E-state index contributed by atoms with van der Waals surface area (Å²) in [5.41, 5.74) is 17.0. The fourth-order valence-corrected chi connectivity index (χ4v) is 3.90. The van der Waals surface area contributed by atoms with Crippen molar-refractivity contribution in [3.05, 3.63) is 47.2 Å². The molecule has 0 unspecified atom stereocenters. The Kier molecular flexibility index (Phi) is 3.62. The minimum absolute atomic E-state index is 0.313. The fourth-order valence-electron chi connectivity index (χ4n) is 3.90. The molecule has 0 saturated heterocycles. The van der Waals surface area contributed by atoms with E-state index >= 15 is 0 Å². The van der Waals surface area contributed by atoms with Crippen molar-refractivity contribution in [1.29, 1.82) is 0 Å². The number of hydrogen-bond donors (Lipinski definition) is 2. The summed E-state index contributed by atoms with van der Waals surface area (Å²) in [7, 11) is 3.51. The molecule has 2 aromatic carbocycles. The Morgan fingerprint density at radius 3 is 2.56 bits per heavy atom. The van der Waals surface area contributed by atoms with Crippen molar-refractivity contribution < 1.29 is 9.53 Å². The lowest BCUT2D eigenvalue weighted by Gasteiger charge is -2.17. The standard InChI is InChI=1S/C20H21N5O2/c1-10-5-8-15(27-4)11(2)17(10)25-18-12(16(19(25)21)20(22)26)6-7-14-13(18)9-23-24(14)3/h5-9H,21H2,1-4H3,(H2,22,26). The maximum atomic E-state index is 12.2. The van der Waals surface area contributed by atoms with E-state index < -0.39 is 5.91 Å². The molecule has 7 heteroatoms. The van der Waals surface area contributed by atoms with Crippen molar-refractivity contribution in [2.45, 2.75) is 13.8 Å². The second kappa shape index (κ2) is 5.77. The van der Waals surface area contributed by atoms with Crippen molar-refractivity contribution in [2.24, 2.45) is 12.8 Å². The van der Waals surface area contributed by atoms with Gasteiger partial charge in [0.1, 0.15) is 11.6 Å². The number of rotatable bonds is 3. The molecule has 138 valence electrons. The average Bonchev–Trinajstić information content (AvgIpc) is 3.13. The number of nitrogen functional groups attached to an aromatic ring is 1. The van der Waals surface area contributed by atoms with Crippen molar-refractivity contribution >= 4 is 33.5 Å². The average molecular weight is 363 g/mol. The summed E-state index contributed by atoms with van der Waals surface area (Å²) < 4.78 is 9.18. The molecule has 0 bridgehead atoms. The van der Waals surface area contributed by atoms with Gasteiger partial charge < -0.3 is 16.2 Å². The molecule has 0 radical (unpaired) electrons. The van der Waals surface area contributed by atoms with Gasteiger partial charge in [-0.2, -0.15) is 5.10 Å². The molecular weight excluding hydrogens is 342 g/mol. The molecule has 0 aliphatic heterocycles. The lowest BCUT2D eigenvalue weighted by Crippen LogP contribution is -2.14. The zero-order valence-corrected chi connectivity index (χ0v) is 15.7. The molecular formula is C20H21N5O2. The van der Waals surface area contributed by atoms with Gasteiger partial charge in [0.2, 0.25) is 0 Å². The summed E-state index contributed by atoms with van der Waals surface area (Å²) in [6, 6.07) is 7.69. The first kappa shape index (κ1) is 17.0. The highest BCUT2D eigenvalue weighted by molar-refractivity contribution is 6.18. The summed E-state index contributed by atoms with van der Waals surface area (Å²) >= 11 is 0. The van der Waals surface area contributed by atoms with Crippen molar-refractivity contribution in [3.8, 4) is 11.4 Å². The predicted molar refractivity (Wildman–Crippen MR) is 107 cm³/mol. The molecule has 0 fully saturated rings. The Morgan fingerprint density at radius 2 is 1.89 bits per heavy atom. The zero-order chi connectivity index (χ0) is 19.5. The van der Waals surface area contributed by atoms with Gasteiger partial charge in [-0.3, -0.25) is 14.0 Å². The molecule has 27 heavy (non-hydrogen) atoms. The van der Waals surface area contributed by atoms with Crippen LogP contribution >= 0.6 is 0 Å². The van der Waals surface area contributed by atoms with Crippen LogP contribution in [0.25, 0.3) is 27.5 Å². The number of fused-ring (bicyclic) bond motifs is 3. The number of amides is 1. The Morgan fingerprint density at radius 1 is 1.15 bits per heavy atom. The molecule has 0 aliphatic rings. The lowest BCUT2D eigenvalue weighted by atomic mass is 10.1. The number of aryl methyl sites for hydroxylation is 2. The predicted octanol–water partition coefficient (Wildman–Crippen LogP) is 2.82. The number of benzene rings is 2. The number of primary amides is 1. The van der Waals surface area contributed by atoms with Gasteiger partial charge in [0.05, 0.1) is 35.6 Å². The fraction of sp³-hybridized carbons (Fsp3) is 0.200. The number of hydrogen-bond acceptors (Lipinski definition) is 4. The van der Waals surface area contributed by atoms with E-state index in [2.05, 4.69) is 5.10 Å². The normalized spacial score (nSPS) is 11.4. The van der Waals surface area contributed by atoms with E-state index in [9.17, 15) is 4.79 Å². The number of methoxy groups -OCH3 is 1. The largest absolute Gasteiger partial charge is 0.496 e. The third-order valence-electron chi connectivity index (χ3n) is 5.17. The highest BCUT2D eigenvalue weighted by Gasteiger charge is 2.24. The summed E-state index contributed by atoms with van der Waals surface area (Å²) in [4.78, 5) is 12.2. The van der Waals surface area contributed by atoms with Gasteiger partial charge in [0.15, 0.2) is 0 Å². The van der Waals surface area contributed by atoms with Crippen molar-refractivity contribution in [1.82, 2.24) is 14.3 Å². The van der Waals surface area contributed by atoms with Crippen LogP contribution in [0, 0.1) is 13.8 Å². The smallest absolute Gasteiger partial charge is 0.253 e. The Labute approximate surface area is 156 Å². The summed E-state index contributed by atoms with van der Waals surface area (Å²) in [5.74, 6) is 0.502. The summed E-state index contributed by atoms with van der Waals surface area (Å²) in [5, 5.41) is 5.97. The molecule has 2 aromatic heterocycles. The van der Waals surface area contributed by atoms with Gasteiger partial charge in [-0.15, -0.1) is 0 Å². The molecule has 0 aliphatic carbocycles. The lowest BCUT2D eigenvalue weighted by molar-refractivity contribution is 0.100. The minimum Gasteiger partial charge on any atom is -0.496 e. The third-order valence-corrected chi connectivity index (χ3v) is 5.17. The number of carbonyl (C=O) groups excluding carboxylic acids is 1. The first-order valence-electron chi connectivity index (χ1n) is 8.55. The van der Waals surface area contributed by atoms with Crippen LogP contribution in [0.4, 0.5) is 5.82 Å². The summed E-state index contributed by atoms with van der Waals surface area (Å²) in [6.07, 6.45) is 1.78. The minimum atomic E-state index is -0.558. The molecule has 0 atom stereocenters. The third kappa shape index (κ3) is 2.21. The van der Waals surface area contributed by atoms with Crippen LogP contribution in [0.5, 0.6) is 5.75 Å². The van der Waals surface area contributed by atoms with E-state index in [1.54, 1.807) is 18.0 Å². The van der Waals surface area contributed by atoms with Crippen LogP contribution < -0.4 is 16.2 Å². The van der Waals surface area contributed by atoms with Gasteiger partial charge in [0.25, 0.3) is 5.91 Å². The second-order valence-corrected chi connectivity index (χ2v) is 6.68. The molecule has 0 spiro atoms. The molecule has 4 aromatic rings. The van der Waals surface area contributed by atoms with Gasteiger partial charge in [-0.1, -0.05) is 6.07 Å². The molecule has 0 saturated carbocycles. The van der Waals surface area contributed by atoms with E-state index in [0.717, 1.165) is 39.0 Å². The first-order valence-corrected chi connectivity index (χ1v) is 8.55. The molecule has 1 amide bonds. The van der Waals surface area contributed by atoms with Crippen LogP contribution in [0.3, 0.4) is 0 Å². The monoisotopic (exact) mass is 363 g/mol. The molecule has 4 N–H and O–H groups in total. The SMILES string of the molecule is COc1ccc(C)c(-n2c(N)c(C(N)=O)c3ccc4c(cnn4C)c32)c1C. The van der Waals surface area contributed by atoms with Crippen LogP contribution in [0.2, 0.25) is 0 Å². The number of nitrogens with zero attached hydrogens (tertiary/aromatic N) is 3. The summed E-state index contributed by atoms with van der Waals surface area (Å²) in [6.45, 7) is 3.97. The quantitative estimate of drug-likeness (QED) is 0.584. The highest BCUT2D eigenvalue weighted by atomic mass is 16.5. The van der Waals surface area contributed by atoms with Gasteiger partial charge in [-0.05, 0) is 37.6 Å². The number of ether oxygens (including phenoxy) is 1. The highest BCUT2D eigenvalue weighted by Crippen LogP contribution is 2.39. The molecule has 7 nitrogen and oxygen atoms in total. The Bertz CT molecular complexity index is 1230. The van der Waals surface area contributed by atoms with E-state index in [-0.39, 0.29) is 0 Å².